The first-order valence-electron chi connectivity index (χ1n) is 11.3. The van der Waals surface area contributed by atoms with Crippen molar-refractivity contribution in [3.8, 4) is 11.4 Å². The highest BCUT2D eigenvalue weighted by atomic mass is 35.5. The molecule has 4 aromatic rings. The van der Waals surface area contributed by atoms with Crippen LogP contribution in [0.5, 0.6) is 0 Å². The second kappa shape index (κ2) is 7.91. The number of rotatable bonds is 4. The van der Waals surface area contributed by atoms with Gasteiger partial charge in [-0.25, -0.2) is 18.7 Å². The van der Waals surface area contributed by atoms with Crippen molar-refractivity contribution in [1.82, 2.24) is 15.0 Å². The molecule has 0 radical (unpaired) electrons. The molecule has 3 N–H and O–H groups in total. The second-order valence-corrected chi connectivity index (χ2v) is 9.72. The van der Waals surface area contributed by atoms with Crippen molar-refractivity contribution in [3.63, 3.8) is 0 Å². The van der Waals surface area contributed by atoms with E-state index in [0.717, 1.165) is 31.7 Å². The van der Waals surface area contributed by atoms with Gasteiger partial charge in [-0.15, -0.1) is 0 Å². The molecule has 2 aromatic carbocycles. The summed E-state index contributed by atoms with van der Waals surface area (Å²) in [5, 5.41) is 14.9. The summed E-state index contributed by atoms with van der Waals surface area (Å²) in [5.41, 5.74) is 1.16. The first-order chi connectivity index (χ1) is 16.4. The van der Waals surface area contributed by atoms with Gasteiger partial charge in [0.1, 0.15) is 17.5 Å². The molecule has 2 heterocycles. The van der Waals surface area contributed by atoms with E-state index in [4.69, 9.17) is 16.6 Å². The first-order valence-corrected chi connectivity index (χ1v) is 11.7. The number of aromatic nitrogens is 3. The maximum absolute atomic E-state index is 14.3. The van der Waals surface area contributed by atoms with Gasteiger partial charge in [-0.3, -0.25) is 4.79 Å². The molecule has 3 saturated carbocycles. The molecule has 6 nitrogen and oxygen atoms in total. The van der Waals surface area contributed by atoms with Crippen LogP contribution in [0.2, 0.25) is 5.02 Å². The number of aromatic amines is 1. The zero-order valence-electron chi connectivity index (χ0n) is 18.0. The summed E-state index contributed by atoms with van der Waals surface area (Å²) in [4.78, 5) is 24.4. The number of aliphatic carboxylic acids is 1. The number of carbonyl (C=O) groups is 1. The molecule has 2 aromatic heterocycles. The van der Waals surface area contributed by atoms with Gasteiger partial charge in [-0.1, -0.05) is 11.6 Å². The highest BCUT2D eigenvalue weighted by Crippen LogP contribution is 2.47. The molecule has 34 heavy (non-hydrogen) atoms. The molecule has 2 bridgehead atoms. The van der Waals surface area contributed by atoms with E-state index in [1.807, 2.05) is 0 Å². The zero-order chi connectivity index (χ0) is 23.6. The number of fused-ring (bicyclic) bond motifs is 5. The molecule has 0 spiro atoms. The number of anilines is 1. The third-order valence-corrected chi connectivity index (χ3v) is 7.65. The van der Waals surface area contributed by atoms with E-state index in [0.29, 0.717) is 32.7 Å². The Morgan fingerprint density at radius 2 is 1.82 bits per heavy atom. The van der Waals surface area contributed by atoms with E-state index in [-0.39, 0.29) is 29.2 Å². The maximum Gasteiger partial charge on any atom is 0.308 e. The fourth-order valence-electron chi connectivity index (χ4n) is 5.84. The summed E-state index contributed by atoms with van der Waals surface area (Å²) in [7, 11) is 0. The quantitative estimate of drug-likeness (QED) is 0.331. The summed E-state index contributed by atoms with van der Waals surface area (Å²) in [6.45, 7) is 0. The SMILES string of the molecule is O=C(O)C1C2CCC(CC2)C1Nc1nc(-c2c[nH]c3c(F)cc(F)cc23)nc2cc(Cl)ccc12. The van der Waals surface area contributed by atoms with Crippen LogP contribution in [0.25, 0.3) is 33.2 Å². The number of halogens is 3. The van der Waals surface area contributed by atoms with Crippen molar-refractivity contribution in [2.24, 2.45) is 17.8 Å². The van der Waals surface area contributed by atoms with E-state index in [2.05, 4.69) is 15.3 Å². The molecule has 3 aliphatic carbocycles. The van der Waals surface area contributed by atoms with Crippen molar-refractivity contribution < 1.29 is 18.7 Å². The first kappa shape index (κ1) is 21.3. The Labute approximate surface area is 198 Å². The number of nitrogens with zero attached hydrogens (tertiary/aromatic N) is 2. The molecule has 0 amide bonds. The maximum atomic E-state index is 14.3. The van der Waals surface area contributed by atoms with Crippen LogP contribution in [0.3, 0.4) is 0 Å². The van der Waals surface area contributed by atoms with Gasteiger partial charge in [0.05, 0.1) is 17.0 Å². The van der Waals surface area contributed by atoms with Crippen LogP contribution >= 0.6 is 11.6 Å². The summed E-state index contributed by atoms with van der Waals surface area (Å²) in [6, 6.07) is 7.03. The Kier molecular flexibility index (Phi) is 4.95. The molecular weight excluding hydrogens is 462 g/mol. The van der Waals surface area contributed by atoms with Gasteiger partial charge >= 0.3 is 5.97 Å². The van der Waals surface area contributed by atoms with Crippen LogP contribution in [0.15, 0.2) is 36.5 Å². The van der Waals surface area contributed by atoms with Gasteiger partial charge in [-0.05, 0) is 61.8 Å². The van der Waals surface area contributed by atoms with Gasteiger partial charge < -0.3 is 15.4 Å². The number of carboxylic acid groups (broad SMARTS) is 1. The minimum atomic E-state index is -0.795. The van der Waals surface area contributed by atoms with E-state index in [1.54, 1.807) is 24.4 Å². The third-order valence-electron chi connectivity index (χ3n) is 7.41. The molecule has 3 fully saturated rings. The predicted molar refractivity (Wildman–Crippen MR) is 126 cm³/mol. The minimum absolute atomic E-state index is 0.140. The van der Waals surface area contributed by atoms with Crippen LogP contribution in [-0.4, -0.2) is 32.1 Å². The average molecular weight is 483 g/mol. The molecule has 0 saturated heterocycles. The van der Waals surface area contributed by atoms with Gasteiger partial charge in [0, 0.05) is 39.7 Å². The Morgan fingerprint density at radius 1 is 1.06 bits per heavy atom. The van der Waals surface area contributed by atoms with Crippen molar-refractivity contribution in [2.75, 3.05) is 5.32 Å². The lowest BCUT2D eigenvalue weighted by atomic mass is 9.61. The lowest BCUT2D eigenvalue weighted by Crippen LogP contribution is -2.51. The summed E-state index contributed by atoms with van der Waals surface area (Å²) in [5.74, 6) is -1.56. The minimum Gasteiger partial charge on any atom is -0.481 e. The van der Waals surface area contributed by atoms with Crippen molar-refractivity contribution in [3.05, 3.63) is 53.2 Å². The number of H-pyrrole nitrogens is 1. The normalized spacial score (nSPS) is 24.1. The lowest BCUT2D eigenvalue weighted by molar-refractivity contribution is -0.148. The van der Waals surface area contributed by atoms with Gasteiger partial charge in [-0.2, -0.15) is 0 Å². The topological polar surface area (TPSA) is 90.9 Å². The summed E-state index contributed by atoms with van der Waals surface area (Å²) < 4.78 is 28.3. The van der Waals surface area contributed by atoms with Gasteiger partial charge in [0.25, 0.3) is 0 Å². The zero-order valence-corrected chi connectivity index (χ0v) is 18.7. The lowest BCUT2D eigenvalue weighted by Gasteiger charge is -2.47. The van der Waals surface area contributed by atoms with Gasteiger partial charge in [0.2, 0.25) is 0 Å². The number of carboxylic acids is 1. The molecular formula is C25H21ClF2N4O2. The third kappa shape index (κ3) is 3.39. The standard InChI is InChI=1S/C25H21ClF2N4O2/c26-13-5-6-15-19(7-13)30-24(17-10-29-22-16(17)8-14(27)9-18(22)28)32-23(15)31-21-12-3-1-11(2-4-12)20(21)25(33)34/h5-12,20-21,29H,1-4H2,(H,33,34)(H,30,31,32). The smallest absolute Gasteiger partial charge is 0.308 e. The molecule has 9 heteroatoms. The van der Waals surface area contributed by atoms with E-state index < -0.39 is 23.5 Å². The molecule has 2 unspecified atom stereocenters. The average Bonchev–Trinajstić information content (AvgIpc) is 3.23. The molecule has 7 rings (SSSR count). The van der Waals surface area contributed by atoms with Crippen LogP contribution in [0.4, 0.5) is 14.6 Å². The number of hydrogen-bond acceptors (Lipinski definition) is 4. The van der Waals surface area contributed by atoms with Crippen LogP contribution < -0.4 is 5.32 Å². The van der Waals surface area contributed by atoms with E-state index in [9.17, 15) is 18.7 Å². The number of nitrogens with one attached hydrogen (secondary N) is 2. The molecule has 0 aliphatic heterocycles. The van der Waals surface area contributed by atoms with Crippen LogP contribution in [0, 0.1) is 29.4 Å². The fraction of sp³-hybridized carbons (Fsp3) is 0.320. The summed E-state index contributed by atoms with van der Waals surface area (Å²) >= 11 is 6.23. The van der Waals surface area contributed by atoms with Crippen molar-refractivity contribution in [1.29, 1.82) is 0 Å². The van der Waals surface area contributed by atoms with Crippen molar-refractivity contribution >= 4 is 45.2 Å². The highest BCUT2D eigenvalue weighted by molar-refractivity contribution is 6.31. The van der Waals surface area contributed by atoms with E-state index >= 15 is 0 Å². The summed E-state index contributed by atoms with van der Waals surface area (Å²) in [6.07, 6.45) is 5.37. The van der Waals surface area contributed by atoms with Crippen LogP contribution in [0.1, 0.15) is 25.7 Å². The number of hydrogen-bond donors (Lipinski definition) is 3. The largest absolute Gasteiger partial charge is 0.481 e. The fourth-order valence-corrected chi connectivity index (χ4v) is 6.01. The second-order valence-electron chi connectivity index (χ2n) is 9.28. The molecule has 174 valence electrons. The molecule has 3 aliphatic rings. The Bertz CT molecular complexity index is 1450. The Morgan fingerprint density at radius 3 is 2.59 bits per heavy atom. The van der Waals surface area contributed by atoms with Crippen molar-refractivity contribution in [2.45, 2.75) is 31.7 Å². The number of benzene rings is 2. The predicted octanol–water partition coefficient (Wildman–Crippen LogP) is 6.01. The Balaban J connectivity index is 1.51. The van der Waals surface area contributed by atoms with Gasteiger partial charge in [0.15, 0.2) is 5.82 Å². The van der Waals surface area contributed by atoms with E-state index in [1.165, 1.54) is 6.07 Å². The Hall–Kier alpha value is -3.26. The highest BCUT2D eigenvalue weighted by Gasteiger charge is 2.47. The van der Waals surface area contributed by atoms with Crippen LogP contribution in [-0.2, 0) is 4.79 Å². The monoisotopic (exact) mass is 482 g/mol. The molecule has 2 atom stereocenters.